The number of hydrogen-bond donors (Lipinski definition) is 2. The van der Waals surface area contributed by atoms with Crippen LogP contribution in [0.1, 0.15) is 65.7 Å². The molecule has 0 aromatic heterocycles. The summed E-state index contributed by atoms with van der Waals surface area (Å²) in [4.78, 5) is 11.7. The summed E-state index contributed by atoms with van der Waals surface area (Å²) in [6.07, 6.45) is 7.81. The zero-order chi connectivity index (χ0) is 13.1. The second-order valence-corrected chi connectivity index (χ2v) is 4.94. The first-order valence-corrected chi connectivity index (χ1v) is 7.18. The van der Waals surface area contributed by atoms with Crippen LogP contribution in [0.15, 0.2) is 0 Å². The van der Waals surface area contributed by atoms with E-state index < -0.39 is 0 Å². The van der Waals surface area contributed by atoms with Crippen LogP contribution in [-0.2, 0) is 4.79 Å². The molecule has 1 amide bonds. The third kappa shape index (κ3) is 9.72. The Kier molecular flexibility index (Phi) is 14.7. The lowest BCUT2D eigenvalue weighted by atomic mass is 9.97. The lowest BCUT2D eigenvalue weighted by Gasteiger charge is -2.18. The van der Waals surface area contributed by atoms with E-state index in [1.54, 1.807) is 0 Å². The van der Waals surface area contributed by atoms with E-state index in [9.17, 15) is 4.79 Å². The predicted molar refractivity (Wildman–Crippen MR) is 81.1 cm³/mol. The van der Waals surface area contributed by atoms with Crippen molar-refractivity contribution in [3.05, 3.63) is 0 Å². The highest BCUT2D eigenvalue weighted by Crippen LogP contribution is 2.13. The van der Waals surface area contributed by atoms with Crippen LogP contribution < -0.4 is 11.1 Å². The van der Waals surface area contributed by atoms with Crippen LogP contribution >= 0.6 is 12.4 Å². The minimum absolute atomic E-state index is 0. The molecular formula is C14H31ClN2O. The van der Waals surface area contributed by atoms with Gasteiger partial charge in [-0.05, 0) is 25.2 Å². The van der Waals surface area contributed by atoms with Gasteiger partial charge in [0.2, 0.25) is 5.91 Å². The third-order valence-corrected chi connectivity index (χ3v) is 3.16. The molecule has 0 heterocycles. The number of halogens is 1. The lowest BCUT2D eigenvalue weighted by Crippen LogP contribution is -2.42. The Morgan fingerprint density at radius 2 is 1.67 bits per heavy atom. The maximum Gasteiger partial charge on any atom is 0.236 e. The van der Waals surface area contributed by atoms with E-state index in [0.717, 1.165) is 19.4 Å². The summed E-state index contributed by atoms with van der Waals surface area (Å²) in [5.74, 6) is 0.641. The monoisotopic (exact) mass is 278 g/mol. The first-order chi connectivity index (χ1) is 8.15. The highest BCUT2D eigenvalue weighted by atomic mass is 35.5. The zero-order valence-electron chi connectivity index (χ0n) is 12.2. The van der Waals surface area contributed by atoms with Crippen molar-refractivity contribution in [3.8, 4) is 0 Å². The number of nitrogens with one attached hydrogen (secondary N) is 1. The molecule has 3 nitrogen and oxygen atoms in total. The molecular weight excluding hydrogens is 248 g/mol. The van der Waals surface area contributed by atoms with E-state index in [1.807, 2.05) is 6.92 Å². The topological polar surface area (TPSA) is 55.1 Å². The molecule has 2 atom stereocenters. The van der Waals surface area contributed by atoms with Crippen molar-refractivity contribution in [1.29, 1.82) is 0 Å². The molecule has 0 spiro atoms. The van der Waals surface area contributed by atoms with Gasteiger partial charge in [0.1, 0.15) is 0 Å². The maximum absolute atomic E-state index is 11.7. The molecule has 0 aromatic rings. The van der Waals surface area contributed by atoms with Gasteiger partial charge in [-0.2, -0.15) is 0 Å². The van der Waals surface area contributed by atoms with Crippen molar-refractivity contribution in [3.63, 3.8) is 0 Å². The van der Waals surface area contributed by atoms with Crippen LogP contribution in [0.4, 0.5) is 0 Å². The van der Waals surface area contributed by atoms with Gasteiger partial charge in [0.05, 0.1) is 6.04 Å². The molecule has 0 saturated carbocycles. The fourth-order valence-corrected chi connectivity index (χ4v) is 2.07. The number of carbonyl (C=O) groups is 1. The van der Waals surface area contributed by atoms with E-state index in [4.69, 9.17) is 5.73 Å². The summed E-state index contributed by atoms with van der Waals surface area (Å²) in [7, 11) is 0. The molecule has 0 aliphatic carbocycles. The van der Waals surface area contributed by atoms with E-state index in [1.165, 1.54) is 32.1 Å². The van der Waals surface area contributed by atoms with Gasteiger partial charge in [-0.15, -0.1) is 12.4 Å². The second kappa shape index (κ2) is 13.2. The summed E-state index contributed by atoms with van der Waals surface area (Å²) in [6.45, 7) is 7.25. The van der Waals surface area contributed by atoms with Crippen molar-refractivity contribution < 1.29 is 4.79 Å². The van der Waals surface area contributed by atoms with E-state index in [-0.39, 0.29) is 24.4 Å². The molecule has 2 unspecified atom stereocenters. The normalized spacial score (nSPS) is 13.6. The first kappa shape index (κ1) is 20.0. The summed E-state index contributed by atoms with van der Waals surface area (Å²) in [6, 6.07) is -0.326. The molecule has 0 aliphatic rings. The van der Waals surface area contributed by atoms with Gasteiger partial charge in [0.15, 0.2) is 0 Å². The van der Waals surface area contributed by atoms with Crippen LogP contribution in [0.5, 0.6) is 0 Å². The van der Waals surface area contributed by atoms with Crippen LogP contribution in [0, 0.1) is 5.92 Å². The molecule has 0 fully saturated rings. The molecule has 0 bridgehead atoms. The molecule has 0 aromatic carbocycles. The molecule has 4 heteroatoms. The van der Waals surface area contributed by atoms with Crippen LogP contribution in [-0.4, -0.2) is 18.5 Å². The minimum Gasteiger partial charge on any atom is -0.354 e. The predicted octanol–water partition coefficient (Wildman–Crippen LogP) is 3.26. The van der Waals surface area contributed by atoms with Gasteiger partial charge in [0, 0.05) is 6.54 Å². The molecule has 110 valence electrons. The number of amides is 1. The maximum atomic E-state index is 11.7. The molecule has 0 radical (unpaired) electrons. The SMILES string of the molecule is CCCCC(CCC)CNC(=O)C(N)CCC.Cl. The zero-order valence-corrected chi connectivity index (χ0v) is 13.0. The van der Waals surface area contributed by atoms with Gasteiger partial charge in [-0.3, -0.25) is 4.79 Å². The summed E-state index contributed by atoms with van der Waals surface area (Å²) >= 11 is 0. The highest BCUT2D eigenvalue weighted by Gasteiger charge is 2.14. The van der Waals surface area contributed by atoms with Gasteiger partial charge in [0.25, 0.3) is 0 Å². The van der Waals surface area contributed by atoms with Crippen LogP contribution in [0.3, 0.4) is 0 Å². The van der Waals surface area contributed by atoms with Gasteiger partial charge < -0.3 is 11.1 Å². The van der Waals surface area contributed by atoms with E-state index in [0.29, 0.717) is 5.92 Å². The number of carbonyl (C=O) groups excluding carboxylic acids is 1. The molecule has 0 aliphatic heterocycles. The first-order valence-electron chi connectivity index (χ1n) is 7.18. The standard InChI is InChI=1S/C14H30N2O.ClH/c1-4-7-10-12(8-5-2)11-16-14(17)13(15)9-6-3;/h12-13H,4-11,15H2,1-3H3,(H,16,17);1H. The van der Waals surface area contributed by atoms with Gasteiger partial charge in [-0.1, -0.05) is 46.5 Å². The number of nitrogens with two attached hydrogens (primary N) is 1. The second-order valence-electron chi connectivity index (χ2n) is 4.94. The van der Waals surface area contributed by atoms with E-state index in [2.05, 4.69) is 19.2 Å². The Morgan fingerprint density at radius 3 is 2.17 bits per heavy atom. The number of unbranched alkanes of at least 4 members (excludes halogenated alkanes) is 1. The average Bonchev–Trinajstić information content (AvgIpc) is 2.32. The number of rotatable bonds is 10. The van der Waals surface area contributed by atoms with Crippen molar-refractivity contribution in [2.75, 3.05) is 6.54 Å². The molecule has 0 rings (SSSR count). The van der Waals surface area contributed by atoms with Crippen molar-refractivity contribution in [1.82, 2.24) is 5.32 Å². The Labute approximate surface area is 119 Å². The van der Waals surface area contributed by atoms with Crippen LogP contribution in [0.25, 0.3) is 0 Å². The van der Waals surface area contributed by atoms with Crippen molar-refractivity contribution in [2.45, 2.75) is 71.8 Å². The quantitative estimate of drug-likeness (QED) is 0.644. The van der Waals surface area contributed by atoms with Crippen molar-refractivity contribution >= 4 is 18.3 Å². The molecule has 18 heavy (non-hydrogen) atoms. The fourth-order valence-electron chi connectivity index (χ4n) is 2.07. The Balaban J connectivity index is 0. The van der Waals surface area contributed by atoms with Gasteiger partial charge in [-0.25, -0.2) is 0 Å². The third-order valence-electron chi connectivity index (χ3n) is 3.16. The Morgan fingerprint density at radius 1 is 1.06 bits per heavy atom. The largest absolute Gasteiger partial charge is 0.354 e. The van der Waals surface area contributed by atoms with Crippen LogP contribution in [0.2, 0.25) is 0 Å². The van der Waals surface area contributed by atoms with Crippen molar-refractivity contribution in [2.24, 2.45) is 11.7 Å². The van der Waals surface area contributed by atoms with E-state index >= 15 is 0 Å². The minimum atomic E-state index is -0.326. The summed E-state index contributed by atoms with van der Waals surface area (Å²) in [5, 5.41) is 3.00. The Hall–Kier alpha value is -0.280. The van der Waals surface area contributed by atoms with Gasteiger partial charge >= 0.3 is 0 Å². The smallest absolute Gasteiger partial charge is 0.236 e. The number of hydrogen-bond acceptors (Lipinski definition) is 2. The summed E-state index contributed by atoms with van der Waals surface area (Å²) < 4.78 is 0. The summed E-state index contributed by atoms with van der Waals surface area (Å²) in [5.41, 5.74) is 5.78. The average molecular weight is 279 g/mol. The molecule has 3 N–H and O–H groups in total. The molecule has 0 saturated heterocycles. The fraction of sp³-hybridized carbons (Fsp3) is 0.929. The highest BCUT2D eigenvalue weighted by molar-refractivity contribution is 5.85. The Bertz CT molecular complexity index is 200. The lowest BCUT2D eigenvalue weighted by molar-refractivity contribution is -0.122.